The molecular weight excluding hydrogens is 298 g/mol. The molecule has 1 aromatic rings. The van der Waals surface area contributed by atoms with Crippen molar-refractivity contribution in [2.24, 2.45) is 0 Å². The van der Waals surface area contributed by atoms with E-state index in [1.54, 1.807) is 0 Å². The number of carbonyl (C=O) groups is 2. The Morgan fingerprint density at radius 2 is 2.00 bits per heavy atom. The number of hydrogen-bond acceptors (Lipinski definition) is 4. The number of Topliss-reactive ketones (excluding diaryl/α,β-unsaturated/α-hetero) is 1. The van der Waals surface area contributed by atoms with Crippen LogP contribution in [0, 0.1) is 0 Å². The number of carboxylic acid groups (broad SMARTS) is 1. The smallest absolute Gasteiger partial charge is 0.387 e. The molecule has 20 heavy (non-hydrogen) atoms. The number of ketones is 1. The highest BCUT2D eigenvalue weighted by Crippen LogP contribution is 2.30. The summed E-state index contributed by atoms with van der Waals surface area (Å²) in [6.45, 7) is -3.19. The molecule has 0 aliphatic carbocycles. The van der Waals surface area contributed by atoms with E-state index in [2.05, 4.69) is 4.74 Å². The van der Waals surface area contributed by atoms with E-state index < -0.39 is 35.8 Å². The van der Waals surface area contributed by atoms with Gasteiger partial charge in [0.25, 0.3) is 0 Å². The number of hydrogen-bond donors (Lipinski definition) is 2. The fraction of sp³-hybridized carbons (Fsp3) is 0.333. The Morgan fingerprint density at radius 3 is 2.50 bits per heavy atom. The van der Waals surface area contributed by atoms with Gasteiger partial charge in [-0.25, -0.2) is 4.79 Å². The van der Waals surface area contributed by atoms with E-state index in [0.717, 1.165) is 12.1 Å². The number of aliphatic hydroxyl groups is 1. The molecule has 0 aliphatic heterocycles. The average molecular weight is 309 g/mol. The summed E-state index contributed by atoms with van der Waals surface area (Å²) in [4.78, 5) is 22.7. The van der Waals surface area contributed by atoms with Crippen molar-refractivity contribution in [2.75, 3.05) is 5.88 Å². The first-order valence-electron chi connectivity index (χ1n) is 5.46. The third-order valence-electron chi connectivity index (χ3n) is 2.40. The fourth-order valence-corrected chi connectivity index (χ4v) is 1.78. The van der Waals surface area contributed by atoms with Crippen molar-refractivity contribution < 1.29 is 33.3 Å². The summed E-state index contributed by atoms with van der Waals surface area (Å²) in [6.07, 6.45) is -2.23. The Kier molecular flexibility index (Phi) is 5.84. The second kappa shape index (κ2) is 7.16. The van der Waals surface area contributed by atoms with Crippen LogP contribution in [0.5, 0.6) is 5.75 Å². The summed E-state index contributed by atoms with van der Waals surface area (Å²) in [5.74, 6) is -2.87. The number of ether oxygens (including phenoxy) is 1. The summed E-state index contributed by atoms with van der Waals surface area (Å²) in [5, 5.41) is 18.3. The Hall–Kier alpha value is -1.73. The third-order valence-corrected chi connectivity index (χ3v) is 2.59. The summed E-state index contributed by atoms with van der Waals surface area (Å²) in [7, 11) is 0. The van der Waals surface area contributed by atoms with Crippen LogP contribution in [0.4, 0.5) is 8.78 Å². The van der Waals surface area contributed by atoms with Crippen molar-refractivity contribution in [1.29, 1.82) is 0 Å². The van der Waals surface area contributed by atoms with Gasteiger partial charge in [-0.05, 0) is 6.07 Å². The zero-order chi connectivity index (χ0) is 15.3. The number of rotatable bonds is 7. The van der Waals surface area contributed by atoms with Gasteiger partial charge in [0.1, 0.15) is 5.75 Å². The highest BCUT2D eigenvalue weighted by atomic mass is 35.5. The Morgan fingerprint density at radius 1 is 1.35 bits per heavy atom. The van der Waals surface area contributed by atoms with E-state index in [4.69, 9.17) is 16.7 Å². The van der Waals surface area contributed by atoms with E-state index >= 15 is 0 Å². The van der Waals surface area contributed by atoms with Gasteiger partial charge in [-0.2, -0.15) is 8.78 Å². The molecule has 0 spiro atoms. The quantitative estimate of drug-likeness (QED) is 0.596. The highest BCUT2D eigenvalue weighted by Gasteiger charge is 2.26. The van der Waals surface area contributed by atoms with Crippen molar-refractivity contribution in [1.82, 2.24) is 0 Å². The number of aliphatic carboxylic acids is 1. The Labute approximate surface area is 117 Å². The van der Waals surface area contributed by atoms with Gasteiger partial charge >= 0.3 is 12.6 Å². The first-order valence-corrected chi connectivity index (χ1v) is 5.99. The number of carbonyl (C=O) groups excluding carboxylic acids is 1. The molecule has 2 N–H and O–H groups in total. The van der Waals surface area contributed by atoms with E-state index in [-0.39, 0.29) is 17.9 Å². The lowest BCUT2D eigenvalue weighted by molar-refractivity contribution is -0.146. The number of aliphatic hydroxyl groups excluding tert-OH is 1. The standard InChI is InChI=1S/C12H11ClF2O5/c13-5-4-7(16)9-6(10(17)11(18)19)2-1-3-8(9)20-12(14)15/h1-3,10,12,17H,4-5H2,(H,18,19). The number of benzene rings is 1. The average Bonchev–Trinajstić information content (AvgIpc) is 2.36. The topological polar surface area (TPSA) is 83.8 Å². The SMILES string of the molecule is O=C(CCCl)c1c(OC(F)F)cccc1C(O)C(=O)O. The zero-order valence-corrected chi connectivity index (χ0v) is 10.8. The minimum atomic E-state index is -3.19. The molecule has 0 aromatic heterocycles. The van der Waals surface area contributed by atoms with Crippen LogP contribution < -0.4 is 4.74 Å². The predicted octanol–water partition coefficient (Wildman–Crippen LogP) is 2.22. The van der Waals surface area contributed by atoms with Crippen LogP contribution in [0.1, 0.15) is 28.4 Å². The molecule has 1 atom stereocenters. The van der Waals surface area contributed by atoms with Gasteiger partial charge in [-0.1, -0.05) is 12.1 Å². The van der Waals surface area contributed by atoms with E-state index in [1.807, 2.05) is 0 Å². The van der Waals surface area contributed by atoms with Crippen LogP contribution in [0.2, 0.25) is 0 Å². The largest absolute Gasteiger partial charge is 0.479 e. The zero-order valence-electron chi connectivity index (χ0n) is 10.1. The minimum absolute atomic E-state index is 0.0789. The lowest BCUT2D eigenvalue weighted by Gasteiger charge is -2.15. The third kappa shape index (κ3) is 3.88. The molecule has 0 amide bonds. The van der Waals surface area contributed by atoms with E-state index in [0.29, 0.717) is 0 Å². The summed E-state index contributed by atoms with van der Waals surface area (Å²) in [6, 6.07) is 3.45. The molecule has 0 radical (unpaired) electrons. The van der Waals surface area contributed by atoms with Gasteiger partial charge in [-0.15, -0.1) is 11.6 Å². The number of alkyl halides is 3. The molecule has 1 unspecified atom stereocenters. The first kappa shape index (κ1) is 16.3. The molecule has 8 heteroatoms. The van der Waals surface area contributed by atoms with Crippen LogP contribution in [-0.4, -0.2) is 34.5 Å². The molecule has 0 fully saturated rings. The molecule has 0 heterocycles. The van der Waals surface area contributed by atoms with Gasteiger partial charge < -0.3 is 14.9 Å². The second-order valence-corrected chi connectivity index (χ2v) is 4.08. The summed E-state index contributed by atoms with van der Waals surface area (Å²) >= 11 is 5.41. The molecule has 1 rings (SSSR count). The predicted molar refractivity (Wildman–Crippen MR) is 65.3 cm³/mol. The Balaban J connectivity index is 3.35. The highest BCUT2D eigenvalue weighted by molar-refractivity contribution is 6.19. The van der Waals surface area contributed by atoms with Gasteiger partial charge in [0.15, 0.2) is 11.9 Å². The van der Waals surface area contributed by atoms with Crippen LogP contribution in [0.3, 0.4) is 0 Å². The molecule has 5 nitrogen and oxygen atoms in total. The van der Waals surface area contributed by atoms with Crippen molar-refractivity contribution in [3.63, 3.8) is 0 Å². The second-order valence-electron chi connectivity index (χ2n) is 3.70. The molecule has 1 aromatic carbocycles. The van der Waals surface area contributed by atoms with Crippen molar-refractivity contribution >= 4 is 23.4 Å². The van der Waals surface area contributed by atoms with Crippen molar-refractivity contribution in [2.45, 2.75) is 19.1 Å². The van der Waals surface area contributed by atoms with Gasteiger partial charge in [-0.3, -0.25) is 4.79 Å². The van der Waals surface area contributed by atoms with Crippen LogP contribution in [0.25, 0.3) is 0 Å². The molecule has 0 bridgehead atoms. The van der Waals surface area contributed by atoms with Crippen LogP contribution >= 0.6 is 11.6 Å². The molecule has 0 saturated carbocycles. The van der Waals surface area contributed by atoms with Crippen molar-refractivity contribution in [3.8, 4) is 5.75 Å². The number of carboxylic acids is 1. The monoisotopic (exact) mass is 308 g/mol. The van der Waals surface area contributed by atoms with Gasteiger partial charge in [0.05, 0.1) is 5.56 Å². The normalized spacial score (nSPS) is 12.2. The molecule has 110 valence electrons. The van der Waals surface area contributed by atoms with Crippen molar-refractivity contribution in [3.05, 3.63) is 29.3 Å². The maximum Gasteiger partial charge on any atom is 0.387 e. The number of halogens is 3. The maximum atomic E-state index is 12.3. The molecule has 0 aliphatic rings. The maximum absolute atomic E-state index is 12.3. The summed E-state index contributed by atoms with van der Waals surface area (Å²) in [5.41, 5.74) is -0.714. The minimum Gasteiger partial charge on any atom is -0.479 e. The van der Waals surface area contributed by atoms with Gasteiger partial charge in [0, 0.05) is 17.9 Å². The van der Waals surface area contributed by atoms with Crippen LogP contribution in [-0.2, 0) is 4.79 Å². The fourth-order valence-electron chi connectivity index (χ4n) is 1.61. The van der Waals surface area contributed by atoms with Gasteiger partial charge in [0.2, 0.25) is 0 Å². The van der Waals surface area contributed by atoms with E-state index in [9.17, 15) is 23.5 Å². The summed E-state index contributed by atoms with van der Waals surface area (Å²) < 4.78 is 28.8. The Bertz CT molecular complexity index is 507. The lowest BCUT2D eigenvalue weighted by atomic mass is 9.97. The van der Waals surface area contributed by atoms with Crippen LogP contribution in [0.15, 0.2) is 18.2 Å². The first-order chi connectivity index (χ1) is 9.38. The van der Waals surface area contributed by atoms with E-state index in [1.165, 1.54) is 6.07 Å². The molecular formula is C12H11ClF2O5. The molecule has 0 saturated heterocycles. The lowest BCUT2D eigenvalue weighted by Crippen LogP contribution is -2.17.